The molecule has 0 radical (unpaired) electrons. The predicted molar refractivity (Wildman–Crippen MR) is 124 cm³/mol. The van der Waals surface area contributed by atoms with Gasteiger partial charge in [0.2, 0.25) is 9.84 Å². The Hall–Kier alpha value is -2.54. The number of aromatic nitrogens is 1. The Morgan fingerprint density at radius 2 is 1.60 bits per heavy atom. The fraction of sp³-hybridized carbons (Fsp3) is 0.167. The van der Waals surface area contributed by atoms with Crippen molar-refractivity contribution in [2.75, 3.05) is 6.54 Å². The lowest BCUT2D eigenvalue weighted by Gasteiger charge is -2.15. The molecule has 30 heavy (non-hydrogen) atoms. The molecule has 0 bridgehead atoms. The molecule has 1 atom stereocenters. The number of nitrogens with one attached hydrogen (secondary N) is 1. The average molecular weight is 437 g/mol. The number of para-hydroxylation sites is 1. The minimum Gasteiger partial charge on any atom is -0.349 e. The van der Waals surface area contributed by atoms with Gasteiger partial charge in [-0.15, -0.1) is 11.8 Å². The standard InChI is InChI=1S/C24H24N2O2S2/c1-17-11-13-18(14-12-17)15-19(16-25)29-24-23(21-9-5-6-10-22(21)26-24)30(27,28)20-7-3-2-4-8-20/h2-14,19,26H,15-16,25H2,1H3. The summed E-state index contributed by atoms with van der Waals surface area (Å²) in [7, 11) is -3.68. The SMILES string of the molecule is Cc1ccc(CC(CN)Sc2[nH]c3ccccc3c2S(=O)(=O)c2ccccc2)cc1. The maximum absolute atomic E-state index is 13.5. The van der Waals surface area contributed by atoms with Crippen LogP contribution in [0.2, 0.25) is 0 Å². The van der Waals surface area contributed by atoms with Gasteiger partial charge in [-0.1, -0.05) is 66.2 Å². The Bertz CT molecular complexity index is 1250. The highest BCUT2D eigenvalue weighted by Gasteiger charge is 2.27. The second-order valence-corrected chi connectivity index (χ2v) is 10.5. The van der Waals surface area contributed by atoms with E-state index in [1.807, 2.05) is 30.3 Å². The quantitative estimate of drug-likeness (QED) is 0.401. The molecule has 0 saturated heterocycles. The number of hydrogen-bond acceptors (Lipinski definition) is 4. The first-order valence-electron chi connectivity index (χ1n) is 9.82. The van der Waals surface area contributed by atoms with E-state index >= 15 is 0 Å². The van der Waals surface area contributed by atoms with Gasteiger partial charge < -0.3 is 10.7 Å². The maximum Gasteiger partial charge on any atom is 0.209 e. The zero-order valence-electron chi connectivity index (χ0n) is 16.7. The molecule has 3 N–H and O–H groups in total. The zero-order valence-corrected chi connectivity index (χ0v) is 18.3. The first kappa shape index (κ1) is 20.7. The number of nitrogens with two attached hydrogens (primary N) is 1. The Labute approximate surface area is 181 Å². The van der Waals surface area contributed by atoms with E-state index in [4.69, 9.17) is 5.73 Å². The summed E-state index contributed by atoms with van der Waals surface area (Å²) < 4.78 is 27.1. The summed E-state index contributed by atoms with van der Waals surface area (Å²) in [5.41, 5.74) is 9.28. The van der Waals surface area contributed by atoms with Gasteiger partial charge in [0, 0.05) is 22.7 Å². The molecule has 6 heteroatoms. The number of sulfone groups is 1. The predicted octanol–water partition coefficient (Wildman–Crippen LogP) is 4.97. The summed E-state index contributed by atoms with van der Waals surface area (Å²) in [6.07, 6.45) is 0.766. The van der Waals surface area contributed by atoms with Crippen LogP contribution in [0.25, 0.3) is 10.9 Å². The van der Waals surface area contributed by atoms with Gasteiger partial charge in [0.1, 0.15) is 4.90 Å². The Balaban J connectivity index is 1.75. The molecule has 1 heterocycles. The fourth-order valence-corrected chi connectivity index (χ4v) is 6.56. The number of rotatable bonds is 7. The zero-order chi connectivity index (χ0) is 21.1. The van der Waals surface area contributed by atoms with Crippen LogP contribution in [-0.2, 0) is 16.3 Å². The van der Waals surface area contributed by atoms with Crippen molar-refractivity contribution in [3.05, 3.63) is 90.0 Å². The van der Waals surface area contributed by atoms with Crippen molar-refractivity contribution in [2.45, 2.75) is 33.4 Å². The van der Waals surface area contributed by atoms with Crippen molar-refractivity contribution in [1.82, 2.24) is 4.98 Å². The molecule has 154 valence electrons. The highest BCUT2D eigenvalue weighted by molar-refractivity contribution is 8.00. The van der Waals surface area contributed by atoms with Crippen LogP contribution in [0.15, 0.2) is 93.7 Å². The van der Waals surface area contributed by atoms with Gasteiger partial charge in [0.15, 0.2) is 0 Å². The number of thioether (sulfide) groups is 1. The Morgan fingerprint density at radius 3 is 2.30 bits per heavy atom. The van der Waals surface area contributed by atoms with Crippen LogP contribution >= 0.6 is 11.8 Å². The van der Waals surface area contributed by atoms with Gasteiger partial charge in [-0.05, 0) is 37.1 Å². The third kappa shape index (κ3) is 4.17. The molecule has 4 rings (SSSR count). The van der Waals surface area contributed by atoms with Crippen molar-refractivity contribution in [1.29, 1.82) is 0 Å². The minimum atomic E-state index is -3.68. The summed E-state index contributed by atoms with van der Waals surface area (Å²) in [4.78, 5) is 3.95. The lowest BCUT2D eigenvalue weighted by atomic mass is 10.1. The van der Waals surface area contributed by atoms with Gasteiger partial charge in [-0.25, -0.2) is 8.42 Å². The van der Waals surface area contributed by atoms with Crippen LogP contribution in [0.3, 0.4) is 0 Å². The molecule has 0 aliphatic heterocycles. The van der Waals surface area contributed by atoms with E-state index in [-0.39, 0.29) is 5.25 Å². The molecule has 1 unspecified atom stereocenters. The lowest BCUT2D eigenvalue weighted by Crippen LogP contribution is -2.20. The van der Waals surface area contributed by atoms with Crippen molar-refractivity contribution in [2.24, 2.45) is 5.73 Å². The van der Waals surface area contributed by atoms with Gasteiger partial charge in [-0.3, -0.25) is 0 Å². The van der Waals surface area contributed by atoms with Crippen LogP contribution in [0.1, 0.15) is 11.1 Å². The summed E-state index contributed by atoms with van der Waals surface area (Å²) in [6, 6.07) is 24.5. The average Bonchev–Trinajstić information content (AvgIpc) is 3.14. The molecular formula is C24H24N2O2S2. The van der Waals surface area contributed by atoms with Gasteiger partial charge in [-0.2, -0.15) is 0 Å². The number of fused-ring (bicyclic) bond motifs is 1. The van der Waals surface area contributed by atoms with Crippen molar-refractivity contribution in [3.8, 4) is 0 Å². The minimum absolute atomic E-state index is 0.0468. The monoisotopic (exact) mass is 436 g/mol. The third-order valence-electron chi connectivity index (χ3n) is 5.08. The van der Waals surface area contributed by atoms with E-state index in [2.05, 4.69) is 36.2 Å². The molecule has 1 aromatic heterocycles. The van der Waals surface area contributed by atoms with Crippen LogP contribution in [0.5, 0.6) is 0 Å². The number of H-pyrrole nitrogens is 1. The molecule has 3 aromatic carbocycles. The first-order valence-corrected chi connectivity index (χ1v) is 12.2. The van der Waals surface area contributed by atoms with Crippen LogP contribution in [0, 0.1) is 6.92 Å². The fourth-order valence-electron chi connectivity index (χ4n) is 3.49. The van der Waals surface area contributed by atoms with E-state index in [1.54, 1.807) is 24.3 Å². The number of hydrogen-bond donors (Lipinski definition) is 2. The first-order chi connectivity index (χ1) is 14.5. The molecule has 4 aromatic rings. The highest BCUT2D eigenvalue weighted by atomic mass is 32.2. The van der Waals surface area contributed by atoms with E-state index in [1.165, 1.54) is 22.9 Å². The normalized spacial score (nSPS) is 12.9. The molecule has 0 aliphatic carbocycles. The molecule has 4 nitrogen and oxygen atoms in total. The van der Waals surface area contributed by atoms with Crippen LogP contribution < -0.4 is 5.73 Å². The molecule has 0 saturated carbocycles. The summed E-state index contributed by atoms with van der Waals surface area (Å²) in [6.45, 7) is 2.50. The second kappa shape index (κ2) is 8.68. The summed E-state index contributed by atoms with van der Waals surface area (Å²) in [5.74, 6) is 0. The third-order valence-corrected chi connectivity index (χ3v) is 8.30. The molecule has 0 fully saturated rings. The molecular weight excluding hydrogens is 412 g/mol. The van der Waals surface area contributed by atoms with Gasteiger partial charge in [0.05, 0.1) is 9.92 Å². The number of aryl methyl sites for hydroxylation is 1. The summed E-state index contributed by atoms with van der Waals surface area (Å²) in [5, 5.41) is 1.39. The van der Waals surface area contributed by atoms with Crippen molar-refractivity contribution in [3.63, 3.8) is 0 Å². The molecule has 0 aliphatic rings. The smallest absolute Gasteiger partial charge is 0.209 e. The van der Waals surface area contributed by atoms with Gasteiger partial charge >= 0.3 is 0 Å². The number of benzene rings is 3. The van der Waals surface area contributed by atoms with Gasteiger partial charge in [0.25, 0.3) is 0 Å². The Kier molecular flexibility index (Phi) is 5.99. The second-order valence-electron chi connectivity index (χ2n) is 7.31. The van der Waals surface area contributed by atoms with E-state index < -0.39 is 9.84 Å². The van der Waals surface area contributed by atoms with Crippen LogP contribution in [-0.4, -0.2) is 25.2 Å². The molecule has 0 amide bonds. The largest absolute Gasteiger partial charge is 0.349 e. The Morgan fingerprint density at radius 1 is 0.933 bits per heavy atom. The van der Waals surface area contributed by atoms with E-state index in [0.717, 1.165) is 11.9 Å². The maximum atomic E-state index is 13.5. The van der Waals surface area contributed by atoms with E-state index in [0.29, 0.717) is 26.7 Å². The van der Waals surface area contributed by atoms with Crippen LogP contribution in [0.4, 0.5) is 0 Å². The van der Waals surface area contributed by atoms with Crippen molar-refractivity contribution < 1.29 is 8.42 Å². The highest BCUT2D eigenvalue weighted by Crippen LogP contribution is 2.38. The lowest BCUT2D eigenvalue weighted by molar-refractivity contribution is 0.595. The van der Waals surface area contributed by atoms with Crippen molar-refractivity contribution >= 4 is 32.5 Å². The van der Waals surface area contributed by atoms with E-state index in [9.17, 15) is 8.42 Å². The molecule has 0 spiro atoms. The summed E-state index contributed by atoms with van der Waals surface area (Å²) >= 11 is 1.50. The number of aromatic amines is 1. The topological polar surface area (TPSA) is 76.0 Å².